The molecule has 0 atom stereocenters. The third-order valence-corrected chi connectivity index (χ3v) is 32.0. The molecule has 0 spiro atoms. The normalized spacial score (nSPS) is 13.8. The first-order valence-electron chi connectivity index (χ1n) is 49.6. The van der Waals surface area contributed by atoms with Crippen LogP contribution in [0, 0.1) is 0 Å². The van der Waals surface area contributed by atoms with Crippen LogP contribution in [0.3, 0.4) is 0 Å². The summed E-state index contributed by atoms with van der Waals surface area (Å²) in [6.45, 7) is 18.9. The fourth-order valence-corrected chi connectivity index (χ4v) is 25.0. The zero-order chi connectivity index (χ0) is 94.0. The van der Waals surface area contributed by atoms with Gasteiger partial charge in [0.1, 0.15) is 0 Å². The fourth-order valence-electron chi connectivity index (χ4n) is 25.0. The first kappa shape index (κ1) is 83.9. The van der Waals surface area contributed by atoms with Gasteiger partial charge in [-0.15, -0.1) is 0 Å². The fraction of sp³-hybridized carbons (Fsp3) is 0.0857. The first-order valence-corrected chi connectivity index (χ1v) is 49.6. The molecule has 0 amide bonds. The van der Waals surface area contributed by atoms with Crippen LogP contribution in [0.2, 0.25) is 0 Å². The van der Waals surface area contributed by atoms with Crippen molar-refractivity contribution in [1.82, 2.24) is 0 Å². The van der Waals surface area contributed by atoms with E-state index in [9.17, 15) is 0 Å². The molecule has 0 unspecified atom stereocenters. The van der Waals surface area contributed by atoms with Gasteiger partial charge in [-0.25, -0.2) is 0 Å². The molecule has 0 fully saturated rings. The minimum absolute atomic E-state index is 0.0343. The van der Waals surface area contributed by atoms with Gasteiger partial charge < -0.3 is 0 Å². The highest BCUT2D eigenvalue weighted by Gasteiger charge is 2.40. The van der Waals surface area contributed by atoms with Crippen LogP contribution in [0.5, 0.6) is 0 Å². The summed E-state index contributed by atoms with van der Waals surface area (Å²) >= 11 is 0. The van der Waals surface area contributed by atoms with Crippen LogP contribution in [0.15, 0.2) is 473 Å². The Morgan fingerprint density at radius 3 is 0.693 bits per heavy atom. The molecular formula is C140H102. The summed E-state index contributed by atoms with van der Waals surface area (Å²) in [4.78, 5) is 0. The van der Waals surface area contributed by atoms with Crippen molar-refractivity contribution < 1.29 is 0 Å². The quantitative estimate of drug-likeness (QED) is 0.126. The largest absolute Gasteiger partial charge is 0.0622 e. The van der Waals surface area contributed by atoms with Crippen LogP contribution >= 0.6 is 0 Å². The average Bonchev–Trinajstić information content (AvgIpc) is 1.70. The van der Waals surface area contributed by atoms with Crippen LogP contribution in [-0.4, -0.2) is 0 Å². The molecule has 0 saturated heterocycles. The lowest BCUT2D eigenvalue weighted by atomic mass is 9.80. The summed E-state index contributed by atoms with van der Waals surface area (Å²) in [6.07, 6.45) is 0. The van der Waals surface area contributed by atoms with Gasteiger partial charge >= 0.3 is 0 Å². The molecule has 0 bridgehead atoms. The molecule has 24 aromatic carbocycles. The molecule has 4 aliphatic carbocycles. The molecule has 24 aromatic rings. The number of rotatable bonds is 9. The second kappa shape index (κ2) is 32.5. The van der Waals surface area contributed by atoms with Gasteiger partial charge in [0.2, 0.25) is 0 Å². The Balaban J connectivity index is 0.000000108. The predicted octanol–water partition coefficient (Wildman–Crippen LogP) is 38.5. The number of benzene rings is 24. The van der Waals surface area contributed by atoms with E-state index in [0.29, 0.717) is 0 Å². The third-order valence-electron chi connectivity index (χ3n) is 32.0. The van der Waals surface area contributed by atoms with Crippen molar-refractivity contribution in [2.24, 2.45) is 0 Å². The molecule has 140 heavy (non-hydrogen) atoms. The molecular weight excluding hydrogens is 1680 g/mol. The van der Waals surface area contributed by atoms with Crippen molar-refractivity contribution in [3.05, 3.63) is 518 Å². The van der Waals surface area contributed by atoms with E-state index in [4.69, 9.17) is 0 Å². The highest BCUT2D eigenvalue weighted by molar-refractivity contribution is 6.26. The summed E-state index contributed by atoms with van der Waals surface area (Å²) < 4.78 is 0. The lowest BCUT2D eigenvalue weighted by Gasteiger charge is -2.23. The third kappa shape index (κ3) is 13.2. The molecule has 0 aromatic heterocycles. The van der Waals surface area contributed by atoms with E-state index in [2.05, 4.69) is 529 Å². The minimum Gasteiger partial charge on any atom is -0.0622 e. The maximum absolute atomic E-state index is 2.48. The van der Waals surface area contributed by atoms with Crippen LogP contribution < -0.4 is 0 Å². The van der Waals surface area contributed by atoms with Gasteiger partial charge in [0.15, 0.2) is 0 Å². The van der Waals surface area contributed by atoms with Gasteiger partial charge in [-0.05, 0) is 324 Å². The Morgan fingerprint density at radius 2 is 0.329 bits per heavy atom. The molecule has 0 aliphatic heterocycles. The molecule has 0 saturated carbocycles. The summed E-state index contributed by atoms with van der Waals surface area (Å²) in [6, 6.07) is 176. The molecule has 0 N–H and O–H groups in total. The standard InChI is InChI=1S/C50H38.2C45H32/c1-49(2)43-20-12-10-16-35(43)37-25-22-33(29-45(37)49)32-23-27-41-42(28-32)47(31-14-6-5-7-15-31)39-18-8-9-19-40(39)48(41)34-24-26-38-36-17-11-13-21-44(36)50(3,4)46(38)30-34;1-45(2)41-22-11-10-18-34(41)35-25-23-32(28-42(35)45)31-24-26-39-40(27-31)43(30-14-4-3-5-15-30)37-19-8-9-20-38(37)44(39)36-21-12-16-29-13-6-7-17-33(29)36;1-45(2)41-19-11-10-16-35(41)36-24-22-33(28-42(36)45)32-23-25-39-40(27-32)43(30-13-4-3-5-14-30)37-17-8-9-18-38(37)44(39)34-21-20-29-12-6-7-15-31(29)26-34/h5-30H,1-4H3;2*3-28H,1-2H3. The Bertz CT molecular complexity index is 9260. The molecule has 28 rings (SSSR count). The SMILES string of the molecule is CC1(C)c2ccccc2-c2ccc(-c3ccc4c(-c5ccc6c(c5)C(C)(C)c5ccccc5-6)c5ccccc5c(-c5ccccc5)c4c3)cc21.CC1(C)c2ccccc2-c2ccc(-c3ccc4c(-c5ccc6ccccc6c5)c5ccccc5c(-c5ccccc5)c4c3)cc21.CC1(C)c2ccccc2-c2ccc(-c3ccc4c(-c5cccc6ccccc56)c5ccccc5c(-c5ccccc5)c4c3)cc21. The summed E-state index contributed by atoms with van der Waals surface area (Å²) in [5, 5.41) is 20.5. The lowest BCUT2D eigenvalue weighted by molar-refractivity contribution is 0.660. The van der Waals surface area contributed by atoms with Crippen molar-refractivity contribution in [1.29, 1.82) is 0 Å². The van der Waals surface area contributed by atoms with Gasteiger partial charge in [0, 0.05) is 21.7 Å². The molecule has 0 nitrogen and oxygen atoms in total. The number of hydrogen-bond donors (Lipinski definition) is 0. The highest BCUT2D eigenvalue weighted by Crippen LogP contribution is 2.58. The first-order chi connectivity index (χ1) is 68.5. The Labute approximate surface area is 819 Å². The van der Waals surface area contributed by atoms with Crippen molar-refractivity contribution in [2.45, 2.75) is 77.0 Å². The van der Waals surface area contributed by atoms with Gasteiger partial charge in [-0.1, -0.05) is 480 Å². The smallest absolute Gasteiger partial charge is 0.0159 e. The number of fused-ring (bicyclic) bond motifs is 20. The van der Waals surface area contributed by atoms with Gasteiger partial charge in [-0.3, -0.25) is 0 Å². The van der Waals surface area contributed by atoms with Crippen LogP contribution in [0.4, 0.5) is 0 Å². The maximum Gasteiger partial charge on any atom is 0.0159 e. The highest BCUT2D eigenvalue weighted by atomic mass is 14.4. The maximum atomic E-state index is 2.48. The zero-order valence-corrected chi connectivity index (χ0v) is 80.0. The van der Waals surface area contributed by atoms with E-state index < -0.39 is 0 Å². The molecule has 0 heteroatoms. The van der Waals surface area contributed by atoms with Crippen molar-refractivity contribution >= 4 is 86.2 Å². The molecule has 0 heterocycles. The molecule has 662 valence electrons. The summed E-state index contributed by atoms with van der Waals surface area (Å²) in [5.41, 5.74) is 44.8. The second-order valence-electron chi connectivity index (χ2n) is 41.1. The van der Waals surface area contributed by atoms with Crippen LogP contribution in [0.25, 0.3) is 231 Å². The number of hydrogen-bond acceptors (Lipinski definition) is 0. The van der Waals surface area contributed by atoms with Gasteiger partial charge in [-0.2, -0.15) is 0 Å². The van der Waals surface area contributed by atoms with E-state index in [0.717, 1.165) is 0 Å². The van der Waals surface area contributed by atoms with Crippen LogP contribution in [0.1, 0.15) is 99.9 Å². The van der Waals surface area contributed by atoms with Crippen molar-refractivity contribution in [3.8, 4) is 145 Å². The molecule has 4 aliphatic rings. The van der Waals surface area contributed by atoms with Crippen molar-refractivity contribution in [3.63, 3.8) is 0 Å². The van der Waals surface area contributed by atoms with Gasteiger partial charge in [0.25, 0.3) is 0 Å². The minimum atomic E-state index is -0.0638. The summed E-state index contributed by atoms with van der Waals surface area (Å²) in [7, 11) is 0. The Kier molecular flexibility index (Phi) is 19.5. The monoisotopic (exact) mass is 1780 g/mol. The van der Waals surface area contributed by atoms with E-state index in [1.165, 1.54) is 275 Å². The second-order valence-corrected chi connectivity index (χ2v) is 41.1. The van der Waals surface area contributed by atoms with Crippen LogP contribution in [-0.2, 0) is 21.7 Å². The Morgan fingerprint density at radius 1 is 0.107 bits per heavy atom. The van der Waals surface area contributed by atoms with Crippen molar-refractivity contribution in [2.75, 3.05) is 0 Å². The van der Waals surface area contributed by atoms with E-state index >= 15 is 0 Å². The lowest BCUT2D eigenvalue weighted by Crippen LogP contribution is -2.14. The van der Waals surface area contributed by atoms with E-state index in [1.807, 2.05) is 0 Å². The van der Waals surface area contributed by atoms with E-state index in [-0.39, 0.29) is 21.7 Å². The van der Waals surface area contributed by atoms with Gasteiger partial charge in [0.05, 0.1) is 0 Å². The zero-order valence-electron chi connectivity index (χ0n) is 80.0. The average molecular weight is 1780 g/mol. The summed E-state index contributed by atoms with van der Waals surface area (Å²) in [5.74, 6) is 0. The predicted molar refractivity (Wildman–Crippen MR) is 599 cm³/mol. The topological polar surface area (TPSA) is 0 Å². The van der Waals surface area contributed by atoms with E-state index in [1.54, 1.807) is 0 Å². The Hall–Kier alpha value is -16.6. The molecule has 0 radical (unpaired) electrons.